The van der Waals surface area contributed by atoms with Crippen molar-refractivity contribution in [2.45, 2.75) is 5.92 Å². The molecule has 2 N–H and O–H groups in total. The average molecular weight is 187 g/mol. The highest BCUT2D eigenvalue weighted by molar-refractivity contribution is 6.24. The molecule has 0 aromatic heterocycles. The maximum Gasteiger partial charge on any atom is 0.193 e. The van der Waals surface area contributed by atoms with Crippen LogP contribution in [0.25, 0.3) is 0 Å². The van der Waals surface area contributed by atoms with Crippen LogP contribution in [0.5, 0.6) is 0 Å². The molecule has 70 valence electrons. The van der Waals surface area contributed by atoms with Crippen molar-refractivity contribution in [1.29, 1.82) is 0 Å². The molecule has 3 nitrogen and oxygen atoms in total. The van der Waals surface area contributed by atoms with Crippen LogP contribution >= 0.6 is 0 Å². The van der Waals surface area contributed by atoms with Gasteiger partial charge in [-0.25, -0.2) is 0 Å². The van der Waals surface area contributed by atoms with Crippen LogP contribution in [0.4, 0.5) is 0 Å². The monoisotopic (exact) mass is 187 g/mol. The highest BCUT2D eigenvalue weighted by Crippen LogP contribution is 2.25. The van der Waals surface area contributed by atoms with Crippen molar-refractivity contribution >= 4 is 11.6 Å². The van der Waals surface area contributed by atoms with Gasteiger partial charge in [-0.3, -0.25) is 9.59 Å². The first-order chi connectivity index (χ1) is 6.70. The summed E-state index contributed by atoms with van der Waals surface area (Å²) in [5.74, 6) is -1.23. The zero-order valence-electron chi connectivity index (χ0n) is 7.44. The van der Waals surface area contributed by atoms with Gasteiger partial charge in [-0.05, 0) is 5.56 Å². The van der Waals surface area contributed by atoms with Gasteiger partial charge in [-0.2, -0.15) is 0 Å². The van der Waals surface area contributed by atoms with Crippen LogP contribution in [-0.4, -0.2) is 11.6 Å². The third kappa shape index (κ3) is 1.23. The molecule has 1 aliphatic carbocycles. The molecule has 2 rings (SSSR count). The lowest BCUT2D eigenvalue weighted by molar-refractivity contribution is -0.122. The lowest BCUT2D eigenvalue weighted by Crippen LogP contribution is -2.17. The van der Waals surface area contributed by atoms with Crippen molar-refractivity contribution in [3.05, 3.63) is 47.7 Å². The Balaban J connectivity index is 2.39. The highest BCUT2D eigenvalue weighted by atomic mass is 16.2. The van der Waals surface area contributed by atoms with Crippen molar-refractivity contribution in [3.63, 3.8) is 0 Å². The van der Waals surface area contributed by atoms with Crippen molar-refractivity contribution in [3.8, 4) is 0 Å². The second kappa shape index (κ2) is 3.10. The topological polar surface area (TPSA) is 60.2 Å². The molecule has 0 saturated heterocycles. The van der Waals surface area contributed by atoms with E-state index < -0.39 is 5.92 Å². The van der Waals surface area contributed by atoms with E-state index in [1.54, 1.807) is 24.3 Å². The van der Waals surface area contributed by atoms with Crippen LogP contribution < -0.4 is 5.73 Å². The second-order valence-corrected chi connectivity index (χ2v) is 3.21. The molecule has 0 spiro atoms. The van der Waals surface area contributed by atoms with Gasteiger partial charge < -0.3 is 5.73 Å². The normalized spacial score (nSPS) is 21.1. The number of ketones is 2. The zero-order chi connectivity index (χ0) is 10.1. The van der Waals surface area contributed by atoms with Gasteiger partial charge in [0.15, 0.2) is 11.6 Å². The minimum absolute atomic E-state index is 0.0591. The Kier molecular flexibility index (Phi) is 1.93. The van der Waals surface area contributed by atoms with Crippen molar-refractivity contribution in [2.24, 2.45) is 5.73 Å². The maximum absolute atomic E-state index is 11.5. The van der Waals surface area contributed by atoms with Gasteiger partial charge in [0, 0.05) is 6.08 Å². The van der Waals surface area contributed by atoms with Crippen LogP contribution in [0.2, 0.25) is 0 Å². The van der Waals surface area contributed by atoms with Crippen LogP contribution in [0, 0.1) is 0 Å². The Labute approximate surface area is 81.2 Å². The van der Waals surface area contributed by atoms with Gasteiger partial charge in [0.25, 0.3) is 0 Å². The lowest BCUT2D eigenvalue weighted by atomic mass is 9.95. The molecule has 14 heavy (non-hydrogen) atoms. The van der Waals surface area contributed by atoms with E-state index in [0.29, 0.717) is 5.56 Å². The maximum atomic E-state index is 11.5. The quantitative estimate of drug-likeness (QED) is 0.660. The largest absolute Gasteiger partial charge is 0.396 e. The number of Topliss-reactive ketones (excluding diaryl/α,β-unsaturated/α-hetero) is 1. The summed E-state index contributed by atoms with van der Waals surface area (Å²) >= 11 is 0. The van der Waals surface area contributed by atoms with Crippen LogP contribution in [0.1, 0.15) is 11.5 Å². The summed E-state index contributed by atoms with van der Waals surface area (Å²) in [7, 11) is 0. The molecular formula is C11H9NO2. The van der Waals surface area contributed by atoms with Crippen molar-refractivity contribution in [1.82, 2.24) is 0 Å². The first-order valence-electron chi connectivity index (χ1n) is 4.30. The predicted molar refractivity (Wildman–Crippen MR) is 51.5 cm³/mol. The minimum Gasteiger partial charge on any atom is -0.396 e. The van der Waals surface area contributed by atoms with Gasteiger partial charge in [-0.15, -0.1) is 0 Å². The van der Waals surface area contributed by atoms with Crippen LogP contribution in [0.15, 0.2) is 42.1 Å². The summed E-state index contributed by atoms with van der Waals surface area (Å²) in [6, 6.07) is 8.94. The summed E-state index contributed by atoms with van der Waals surface area (Å²) in [6.07, 6.45) is 1.21. The second-order valence-electron chi connectivity index (χ2n) is 3.21. The minimum atomic E-state index is -0.712. The Hall–Kier alpha value is -1.90. The molecule has 0 saturated carbocycles. The molecule has 0 amide bonds. The molecular weight excluding hydrogens is 178 g/mol. The van der Waals surface area contributed by atoms with Gasteiger partial charge >= 0.3 is 0 Å². The SMILES string of the molecule is NC1=CC(=O)C(c2ccccc2)C1=O. The number of allylic oxidation sites excluding steroid dienone is 2. The van der Waals surface area contributed by atoms with E-state index in [4.69, 9.17) is 5.73 Å². The third-order valence-corrected chi connectivity index (χ3v) is 2.26. The molecule has 0 fully saturated rings. The fourth-order valence-corrected chi connectivity index (χ4v) is 1.56. The fraction of sp³-hybridized carbons (Fsp3) is 0.0909. The van der Waals surface area contributed by atoms with Gasteiger partial charge in [-0.1, -0.05) is 30.3 Å². The third-order valence-electron chi connectivity index (χ3n) is 2.26. The number of hydrogen-bond acceptors (Lipinski definition) is 3. The fourth-order valence-electron chi connectivity index (χ4n) is 1.56. The molecule has 0 bridgehead atoms. The highest BCUT2D eigenvalue weighted by Gasteiger charge is 2.34. The molecule has 1 aromatic carbocycles. The Morgan fingerprint density at radius 1 is 1.07 bits per heavy atom. The van der Waals surface area contributed by atoms with Gasteiger partial charge in [0.1, 0.15) is 5.92 Å². The average Bonchev–Trinajstić information content (AvgIpc) is 2.43. The van der Waals surface area contributed by atoms with E-state index in [9.17, 15) is 9.59 Å². The molecule has 1 aliphatic rings. The molecule has 1 atom stereocenters. The Bertz CT molecular complexity index is 420. The van der Waals surface area contributed by atoms with E-state index in [-0.39, 0.29) is 17.3 Å². The first-order valence-corrected chi connectivity index (χ1v) is 4.30. The van der Waals surface area contributed by atoms with E-state index in [0.717, 1.165) is 0 Å². The van der Waals surface area contributed by atoms with Crippen molar-refractivity contribution in [2.75, 3.05) is 0 Å². The number of rotatable bonds is 1. The molecule has 0 radical (unpaired) electrons. The standard InChI is InChI=1S/C11H9NO2/c12-8-6-9(13)10(11(8)14)7-4-2-1-3-5-7/h1-6,10H,12H2. The first kappa shape index (κ1) is 8.69. The molecule has 1 aromatic rings. The molecule has 3 heteroatoms. The van der Waals surface area contributed by atoms with Crippen molar-refractivity contribution < 1.29 is 9.59 Å². The predicted octanol–water partition coefficient (Wildman–Crippen LogP) is 0.765. The summed E-state index contributed by atoms with van der Waals surface area (Å²) < 4.78 is 0. The zero-order valence-corrected chi connectivity index (χ0v) is 7.44. The number of hydrogen-bond donors (Lipinski definition) is 1. The van der Waals surface area contributed by atoms with E-state index >= 15 is 0 Å². The number of carbonyl (C=O) groups is 2. The van der Waals surface area contributed by atoms with E-state index in [2.05, 4.69) is 0 Å². The Morgan fingerprint density at radius 2 is 1.71 bits per heavy atom. The molecule has 0 aliphatic heterocycles. The van der Waals surface area contributed by atoms with Crippen LogP contribution in [-0.2, 0) is 9.59 Å². The molecule has 0 heterocycles. The van der Waals surface area contributed by atoms with E-state index in [1.165, 1.54) is 6.08 Å². The summed E-state index contributed by atoms with van der Waals surface area (Å²) in [6.45, 7) is 0. The van der Waals surface area contributed by atoms with Gasteiger partial charge in [0.05, 0.1) is 5.70 Å². The number of carbonyl (C=O) groups excluding carboxylic acids is 2. The van der Waals surface area contributed by atoms with E-state index in [1.807, 2.05) is 6.07 Å². The molecule has 1 unspecified atom stereocenters. The summed E-state index contributed by atoms with van der Waals surface area (Å²) in [5.41, 5.74) is 6.15. The summed E-state index contributed by atoms with van der Waals surface area (Å²) in [5, 5.41) is 0. The smallest absolute Gasteiger partial charge is 0.193 e. The number of nitrogens with two attached hydrogens (primary N) is 1. The van der Waals surface area contributed by atoms with Crippen LogP contribution in [0.3, 0.4) is 0 Å². The number of benzene rings is 1. The Morgan fingerprint density at radius 3 is 2.21 bits per heavy atom. The lowest BCUT2D eigenvalue weighted by Gasteiger charge is -2.06. The van der Waals surface area contributed by atoms with Gasteiger partial charge in [0.2, 0.25) is 0 Å². The summed E-state index contributed by atoms with van der Waals surface area (Å²) in [4.78, 5) is 22.9.